The van der Waals surface area contributed by atoms with Crippen LogP contribution in [0.1, 0.15) is 36.8 Å². The first kappa shape index (κ1) is 15.1. The van der Waals surface area contributed by atoms with E-state index >= 15 is 0 Å². The summed E-state index contributed by atoms with van der Waals surface area (Å²) in [4.78, 5) is 14.3. The smallest absolute Gasteiger partial charge is 0.240 e. The van der Waals surface area contributed by atoms with Gasteiger partial charge in [0.25, 0.3) is 0 Å². The van der Waals surface area contributed by atoms with E-state index < -0.39 is 5.92 Å². The molecule has 1 saturated heterocycles. The zero-order chi connectivity index (χ0) is 15.1. The minimum absolute atomic E-state index is 0.0521. The number of nitriles is 2. The van der Waals surface area contributed by atoms with Gasteiger partial charge in [-0.1, -0.05) is 25.0 Å². The molecule has 0 aromatic heterocycles. The van der Waals surface area contributed by atoms with Crippen LogP contribution >= 0.6 is 0 Å². The summed E-state index contributed by atoms with van der Waals surface area (Å²) in [5.41, 5.74) is 1.51. The first-order chi connectivity index (χ1) is 10.2. The number of hydrogen-bond acceptors (Lipinski definition) is 3. The normalized spacial score (nSPS) is 16.4. The highest BCUT2D eigenvalue weighted by atomic mass is 16.2. The molecule has 108 valence electrons. The van der Waals surface area contributed by atoms with E-state index in [9.17, 15) is 10.1 Å². The molecule has 0 N–H and O–H groups in total. The lowest BCUT2D eigenvalue weighted by Gasteiger charge is -2.23. The van der Waals surface area contributed by atoms with Gasteiger partial charge in [-0.05, 0) is 37.0 Å². The van der Waals surface area contributed by atoms with Gasteiger partial charge in [0, 0.05) is 13.1 Å². The summed E-state index contributed by atoms with van der Waals surface area (Å²) in [6, 6.07) is 11.3. The summed E-state index contributed by atoms with van der Waals surface area (Å²) in [5, 5.41) is 18.1. The second kappa shape index (κ2) is 7.45. The minimum Gasteiger partial charge on any atom is -0.342 e. The van der Waals surface area contributed by atoms with Gasteiger partial charge in [-0.3, -0.25) is 4.79 Å². The monoisotopic (exact) mass is 281 g/mol. The topological polar surface area (TPSA) is 67.9 Å². The maximum atomic E-state index is 12.5. The maximum Gasteiger partial charge on any atom is 0.240 e. The van der Waals surface area contributed by atoms with Gasteiger partial charge in [0.2, 0.25) is 5.91 Å². The Kier molecular flexibility index (Phi) is 5.35. The van der Waals surface area contributed by atoms with Crippen LogP contribution in [0.3, 0.4) is 0 Å². The average Bonchev–Trinajstić information content (AvgIpc) is 2.81. The lowest BCUT2D eigenvalue weighted by atomic mass is 9.98. The molecule has 4 nitrogen and oxygen atoms in total. The van der Waals surface area contributed by atoms with Crippen LogP contribution in [0.15, 0.2) is 24.3 Å². The van der Waals surface area contributed by atoms with Crippen molar-refractivity contribution >= 4 is 5.91 Å². The fourth-order valence-electron chi connectivity index (χ4n) is 2.65. The van der Waals surface area contributed by atoms with E-state index in [0.29, 0.717) is 12.0 Å². The summed E-state index contributed by atoms with van der Waals surface area (Å²) < 4.78 is 0. The Morgan fingerprint density at radius 3 is 2.24 bits per heavy atom. The molecule has 4 heteroatoms. The van der Waals surface area contributed by atoms with Crippen LogP contribution < -0.4 is 0 Å². The number of likely N-dealkylation sites (tertiary alicyclic amines) is 1. The summed E-state index contributed by atoms with van der Waals surface area (Å²) >= 11 is 0. The van der Waals surface area contributed by atoms with Gasteiger partial charge in [0.05, 0.1) is 17.7 Å². The summed E-state index contributed by atoms with van der Waals surface area (Å²) in [5.74, 6) is -0.681. The molecule has 2 rings (SSSR count). The summed E-state index contributed by atoms with van der Waals surface area (Å²) in [6.07, 6.45) is 4.80. The highest BCUT2D eigenvalue weighted by Gasteiger charge is 2.24. The first-order valence-corrected chi connectivity index (χ1v) is 7.42. The van der Waals surface area contributed by atoms with Crippen LogP contribution in [-0.4, -0.2) is 23.9 Å². The molecule has 1 aromatic rings. The van der Waals surface area contributed by atoms with Gasteiger partial charge in [0.15, 0.2) is 0 Å². The van der Waals surface area contributed by atoms with Crippen molar-refractivity contribution in [3.63, 3.8) is 0 Å². The Balaban J connectivity index is 2.03. The number of hydrogen-bond donors (Lipinski definition) is 0. The Bertz CT molecular complexity index is 557. The number of carbonyl (C=O) groups is 1. The third-order valence-corrected chi connectivity index (χ3v) is 3.89. The van der Waals surface area contributed by atoms with E-state index in [4.69, 9.17) is 5.26 Å². The van der Waals surface area contributed by atoms with Crippen molar-refractivity contribution in [3.8, 4) is 12.1 Å². The van der Waals surface area contributed by atoms with E-state index in [-0.39, 0.29) is 5.91 Å². The second-order valence-electron chi connectivity index (χ2n) is 5.43. The molecule has 0 spiro atoms. The third-order valence-electron chi connectivity index (χ3n) is 3.89. The molecule has 1 atom stereocenters. The molecule has 1 aliphatic heterocycles. The van der Waals surface area contributed by atoms with Gasteiger partial charge < -0.3 is 4.90 Å². The van der Waals surface area contributed by atoms with Crippen LogP contribution in [0.25, 0.3) is 0 Å². The average molecular weight is 281 g/mol. The van der Waals surface area contributed by atoms with E-state index in [1.807, 2.05) is 17.0 Å². The predicted octanol–water partition coefficient (Wildman–Crippen LogP) is 2.64. The van der Waals surface area contributed by atoms with Crippen LogP contribution in [-0.2, 0) is 11.2 Å². The van der Waals surface area contributed by atoms with Crippen molar-refractivity contribution in [1.29, 1.82) is 10.5 Å². The fourth-order valence-corrected chi connectivity index (χ4v) is 2.65. The minimum atomic E-state index is -0.629. The molecule has 1 heterocycles. The van der Waals surface area contributed by atoms with E-state index in [0.717, 1.165) is 44.3 Å². The SMILES string of the molecule is N#Cc1ccc(CC(C#N)C(=O)N2CCCCCC2)cc1. The summed E-state index contributed by atoms with van der Waals surface area (Å²) in [6.45, 7) is 1.54. The van der Waals surface area contributed by atoms with Crippen molar-refractivity contribution < 1.29 is 4.79 Å². The second-order valence-corrected chi connectivity index (χ2v) is 5.43. The lowest BCUT2D eigenvalue weighted by Crippen LogP contribution is -2.37. The van der Waals surface area contributed by atoms with E-state index in [1.165, 1.54) is 0 Å². The maximum absolute atomic E-state index is 12.5. The molecule has 21 heavy (non-hydrogen) atoms. The lowest BCUT2D eigenvalue weighted by molar-refractivity contribution is -0.133. The Morgan fingerprint density at radius 2 is 1.71 bits per heavy atom. The fraction of sp³-hybridized carbons (Fsp3) is 0.471. The molecule has 1 aromatic carbocycles. The van der Waals surface area contributed by atoms with E-state index in [2.05, 4.69) is 12.1 Å². The molecule has 0 saturated carbocycles. The van der Waals surface area contributed by atoms with Crippen LogP contribution in [0.4, 0.5) is 0 Å². The van der Waals surface area contributed by atoms with Gasteiger partial charge in [0.1, 0.15) is 5.92 Å². The van der Waals surface area contributed by atoms with Crippen molar-refractivity contribution in [1.82, 2.24) is 4.90 Å². The van der Waals surface area contributed by atoms with Gasteiger partial charge in [-0.25, -0.2) is 0 Å². The van der Waals surface area contributed by atoms with Crippen LogP contribution in [0.5, 0.6) is 0 Å². The predicted molar refractivity (Wildman–Crippen MR) is 79.0 cm³/mol. The zero-order valence-electron chi connectivity index (χ0n) is 12.1. The number of nitrogens with zero attached hydrogens (tertiary/aromatic N) is 3. The molecule has 1 amide bonds. The molecule has 0 aliphatic carbocycles. The quantitative estimate of drug-likeness (QED) is 0.855. The number of carbonyl (C=O) groups excluding carboxylic acids is 1. The largest absolute Gasteiger partial charge is 0.342 e. The zero-order valence-corrected chi connectivity index (χ0v) is 12.1. The van der Waals surface area contributed by atoms with Gasteiger partial charge in [-0.15, -0.1) is 0 Å². The van der Waals surface area contributed by atoms with E-state index in [1.54, 1.807) is 12.1 Å². The Labute approximate surface area is 125 Å². The molecular weight excluding hydrogens is 262 g/mol. The number of amides is 1. The number of rotatable bonds is 3. The standard InChI is InChI=1S/C17H19N3O/c18-12-15-7-5-14(6-8-15)11-16(13-19)17(21)20-9-3-1-2-4-10-20/h5-8,16H,1-4,9-11H2. The van der Waals surface area contributed by atoms with Crippen LogP contribution in [0, 0.1) is 28.6 Å². The molecule has 1 unspecified atom stereocenters. The van der Waals surface area contributed by atoms with Crippen LogP contribution in [0.2, 0.25) is 0 Å². The highest BCUT2D eigenvalue weighted by Crippen LogP contribution is 2.16. The molecular formula is C17H19N3O. The molecule has 1 aliphatic rings. The number of benzene rings is 1. The molecule has 0 radical (unpaired) electrons. The van der Waals surface area contributed by atoms with Crippen molar-refractivity contribution in [3.05, 3.63) is 35.4 Å². The Morgan fingerprint density at radius 1 is 1.10 bits per heavy atom. The van der Waals surface area contributed by atoms with Crippen molar-refractivity contribution in [2.24, 2.45) is 5.92 Å². The Hall–Kier alpha value is -2.33. The first-order valence-electron chi connectivity index (χ1n) is 7.42. The van der Waals surface area contributed by atoms with Gasteiger partial charge >= 0.3 is 0 Å². The highest BCUT2D eigenvalue weighted by molar-refractivity contribution is 5.81. The third kappa shape index (κ3) is 4.07. The summed E-state index contributed by atoms with van der Waals surface area (Å²) in [7, 11) is 0. The molecule has 0 bridgehead atoms. The van der Waals surface area contributed by atoms with Gasteiger partial charge in [-0.2, -0.15) is 10.5 Å². The van der Waals surface area contributed by atoms with Crippen molar-refractivity contribution in [2.75, 3.05) is 13.1 Å². The molecule has 1 fully saturated rings. The van der Waals surface area contributed by atoms with Crippen molar-refractivity contribution in [2.45, 2.75) is 32.1 Å².